The minimum atomic E-state index is 0.0324. The first-order valence-electron chi connectivity index (χ1n) is 3.55. The first-order chi connectivity index (χ1) is 5.36. The number of fused-ring (bicyclic) bond motifs is 1. The molecule has 11 heavy (non-hydrogen) atoms. The number of hydrogen-bond acceptors (Lipinski definition) is 2. The molecule has 0 fully saturated rings. The predicted molar refractivity (Wildman–Crippen MR) is 43.5 cm³/mol. The van der Waals surface area contributed by atoms with Crippen LogP contribution in [0.1, 0.15) is 0 Å². The molecule has 0 aromatic rings. The molecule has 1 heterocycles. The van der Waals surface area contributed by atoms with Crippen molar-refractivity contribution >= 4 is 0 Å². The van der Waals surface area contributed by atoms with Crippen LogP contribution in [0.3, 0.4) is 0 Å². The van der Waals surface area contributed by atoms with Gasteiger partial charge >= 0.3 is 0 Å². The highest BCUT2D eigenvalue weighted by Crippen LogP contribution is 2.20. The molecule has 2 nitrogen and oxygen atoms in total. The minimum Gasteiger partial charge on any atom is -0.467 e. The van der Waals surface area contributed by atoms with E-state index in [9.17, 15) is 0 Å². The van der Waals surface area contributed by atoms with Crippen LogP contribution in [-0.2, 0) is 4.74 Å². The summed E-state index contributed by atoms with van der Waals surface area (Å²) in [5.74, 6) is 0.485. The molecular formula is C9H9NO. The molecule has 0 aromatic carbocycles. The van der Waals surface area contributed by atoms with E-state index < -0.39 is 0 Å². The van der Waals surface area contributed by atoms with Crippen molar-refractivity contribution in [2.24, 2.45) is 5.73 Å². The van der Waals surface area contributed by atoms with Gasteiger partial charge in [0.15, 0.2) is 5.88 Å². The fourth-order valence-electron chi connectivity index (χ4n) is 1.16. The van der Waals surface area contributed by atoms with Crippen LogP contribution < -0.4 is 5.73 Å². The van der Waals surface area contributed by atoms with Crippen LogP contribution in [0.25, 0.3) is 0 Å². The third kappa shape index (κ3) is 1.07. The first kappa shape index (κ1) is 6.28. The molecule has 0 aromatic heterocycles. The van der Waals surface area contributed by atoms with E-state index in [2.05, 4.69) is 0 Å². The van der Waals surface area contributed by atoms with Crippen molar-refractivity contribution in [2.45, 2.75) is 6.10 Å². The van der Waals surface area contributed by atoms with Crippen molar-refractivity contribution in [3.8, 4) is 0 Å². The van der Waals surface area contributed by atoms with Crippen LogP contribution in [0.4, 0.5) is 0 Å². The Hall–Kier alpha value is -1.44. The van der Waals surface area contributed by atoms with Crippen LogP contribution in [0.15, 0.2) is 47.9 Å². The molecule has 1 aliphatic heterocycles. The second kappa shape index (κ2) is 2.31. The van der Waals surface area contributed by atoms with E-state index in [1.165, 1.54) is 0 Å². The monoisotopic (exact) mass is 147 g/mol. The maximum atomic E-state index is 5.48. The van der Waals surface area contributed by atoms with Crippen molar-refractivity contribution in [1.29, 1.82) is 0 Å². The quantitative estimate of drug-likeness (QED) is 0.559. The zero-order chi connectivity index (χ0) is 7.68. The fourth-order valence-corrected chi connectivity index (χ4v) is 1.16. The molecular weight excluding hydrogens is 138 g/mol. The lowest BCUT2D eigenvalue weighted by Crippen LogP contribution is -2.19. The summed E-state index contributed by atoms with van der Waals surface area (Å²) >= 11 is 0. The molecule has 1 atom stereocenters. The average molecular weight is 147 g/mol. The first-order valence-corrected chi connectivity index (χ1v) is 3.55. The Morgan fingerprint density at radius 2 is 2.18 bits per heavy atom. The highest BCUT2D eigenvalue weighted by molar-refractivity contribution is 5.39. The smallest absolute Gasteiger partial charge is 0.185 e. The van der Waals surface area contributed by atoms with Crippen LogP contribution in [0.2, 0.25) is 0 Å². The number of nitrogens with two attached hydrogens (primary N) is 1. The molecule has 2 rings (SSSR count). The number of allylic oxidation sites excluding steroid dienone is 4. The van der Waals surface area contributed by atoms with Gasteiger partial charge in [-0.25, -0.2) is 0 Å². The van der Waals surface area contributed by atoms with Gasteiger partial charge in [-0.3, -0.25) is 0 Å². The van der Waals surface area contributed by atoms with E-state index >= 15 is 0 Å². The van der Waals surface area contributed by atoms with Gasteiger partial charge in [-0.1, -0.05) is 18.2 Å². The molecule has 0 saturated carbocycles. The van der Waals surface area contributed by atoms with Crippen LogP contribution >= 0.6 is 0 Å². The Morgan fingerprint density at radius 1 is 1.27 bits per heavy atom. The van der Waals surface area contributed by atoms with E-state index in [-0.39, 0.29) is 6.10 Å². The summed E-state index contributed by atoms with van der Waals surface area (Å²) in [4.78, 5) is 0. The molecule has 2 N–H and O–H groups in total. The van der Waals surface area contributed by atoms with E-state index in [1.807, 2.05) is 30.4 Å². The van der Waals surface area contributed by atoms with Crippen molar-refractivity contribution in [3.63, 3.8) is 0 Å². The molecule has 0 spiro atoms. The van der Waals surface area contributed by atoms with Gasteiger partial charge in [-0.2, -0.15) is 0 Å². The van der Waals surface area contributed by atoms with Gasteiger partial charge in [0.25, 0.3) is 0 Å². The van der Waals surface area contributed by atoms with E-state index in [1.54, 1.807) is 6.08 Å². The van der Waals surface area contributed by atoms with E-state index in [4.69, 9.17) is 10.5 Å². The van der Waals surface area contributed by atoms with Crippen molar-refractivity contribution in [2.75, 3.05) is 0 Å². The summed E-state index contributed by atoms with van der Waals surface area (Å²) in [5.41, 5.74) is 6.63. The molecule has 0 amide bonds. The minimum absolute atomic E-state index is 0.0324. The molecule has 0 saturated heterocycles. The normalized spacial score (nSPS) is 26.7. The summed E-state index contributed by atoms with van der Waals surface area (Å²) in [5, 5.41) is 0. The van der Waals surface area contributed by atoms with Gasteiger partial charge in [0.2, 0.25) is 0 Å². The standard InChI is InChI=1S/C9H9NO/c10-9-6-5-7-3-1-2-4-8(7)11-9/h1-6,8H,10H2. The zero-order valence-corrected chi connectivity index (χ0v) is 6.03. The van der Waals surface area contributed by atoms with Crippen LogP contribution in [0, 0.1) is 0 Å². The Labute approximate surface area is 65.3 Å². The lowest BCUT2D eigenvalue weighted by atomic mass is 10.0. The van der Waals surface area contributed by atoms with Gasteiger partial charge in [-0.15, -0.1) is 0 Å². The fraction of sp³-hybridized carbons (Fsp3) is 0.111. The molecule has 56 valence electrons. The second-order valence-electron chi connectivity index (χ2n) is 2.52. The predicted octanol–water partition coefficient (Wildman–Crippen LogP) is 1.24. The summed E-state index contributed by atoms with van der Waals surface area (Å²) in [6.07, 6.45) is 11.7. The molecule has 2 aliphatic rings. The second-order valence-corrected chi connectivity index (χ2v) is 2.52. The molecule has 0 bridgehead atoms. The lowest BCUT2D eigenvalue weighted by molar-refractivity contribution is 0.177. The molecule has 0 radical (unpaired) electrons. The van der Waals surface area contributed by atoms with Gasteiger partial charge in [0.1, 0.15) is 6.10 Å². The maximum absolute atomic E-state index is 5.48. The number of hydrogen-bond donors (Lipinski definition) is 1. The number of rotatable bonds is 0. The van der Waals surface area contributed by atoms with Gasteiger partial charge < -0.3 is 10.5 Å². The van der Waals surface area contributed by atoms with Gasteiger partial charge in [0.05, 0.1) is 0 Å². The Kier molecular flexibility index (Phi) is 1.32. The van der Waals surface area contributed by atoms with Crippen molar-refractivity contribution in [1.82, 2.24) is 0 Å². The summed E-state index contributed by atoms with van der Waals surface area (Å²) < 4.78 is 5.32. The van der Waals surface area contributed by atoms with Gasteiger partial charge in [-0.05, 0) is 23.8 Å². The maximum Gasteiger partial charge on any atom is 0.185 e. The highest BCUT2D eigenvalue weighted by Gasteiger charge is 2.15. The summed E-state index contributed by atoms with van der Waals surface area (Å²) in [6.45, 7) is 0. The van der Waals surface area contributed by atoms with Crippen LogP contribution in [0.5, 0.6) is 0 Å². The Morgan fingerprint density at radius 3 is 3.09 bits per heavy atom. The molecule has 1 aliphatic carbocycles. The molecule has 1 unspecified atom stereocenters. The van der Waals surface area contributed by atoms with E-state index in [0.29, 0.717) is 5.88 Å². The van der Waals surface area contributed by atoms with Crippen LogP contribution in [-0.4, -0.2) is 6.10 Å². The SMILES string of the molecule is NC1=CC=C2C=CC=CC2O1. The van der Waals surface area contributed by atoms with Crippen molar-refractivity contribution in [3.05, 3.63) is 47.9 Å². The topological polar surface area (TPSA) is 35.2 Å². The average Bonchev–Trinajstić information content (AvgIpc) is 2.04. The van der Waals surface area contributed by atoms with E-state index in [0.717, 1.165) is 5.57 Å². The third-order valence-corrected chi connectivity index (χ3v) is 1.72. The zero-order valence-electron chi connectivity index (χ0n) is 6.03. The largest absolute Gasteiger partial charge is 0.467 e. The highest BCUT2D eigenvalue weighted by atomic mass is 16.5. The lowest BCUT2D eigenvalue weighted by Gasteiger charge is -2.21. The third-order valence-electron chi connectivity index (χ3n) is 1.72. The molecule has 2 heteroatoms. The summed E-state index contributed by atoms with van der Waals surface area (Å²) in [7, 11) is 0. The Bertz CT molecular complexity index is 284. The Balaban J connectivity index is 2.33. The summed E-state index contributed by atoms with van der Waals surface area (Å²) in [6, 6.07) is 0. The van der Waals surface area contributed by atoms with Crippen molar-refractivity contribution < 1.29 is 4.74 Å². The number of ether oxygens (including phenoxy) is 1. The van der Waals surface area contributed by atoms with Gasteiger partial charge in [0, 0.05) is 0 Å².